The molecule has 6 nitrogen and oxygen atoms in total. The lowest BCUT2D eigenvalue weighted by molar-refractivity contribution is 0.0240. The summed E-state index contributed by atoms with van der Waals surface area (Å²) in [5.41, 5.74) is -0.452. The van der Waals surface area contributed by atoms with Gasteiger partial charge in [-0.1, -0.05) is 0 Å². The lowest BCUT2D eigenvalue weighted by Gasteiger charge is -2.27. The van der Waals surface area contributed by atoms with E-state index in [1.165, 1.54) is 0 Å². The van der Waals surface area contributed by atoms with Crippen molar-refractivity contribution in [3.05, 3.63) is 0 Å². The fourth-order valence-electron chi connectivity index (χ4n) is 1.91. The first-order valence-electron chi connectivity index (χ1n) is 7.89. The Labute approximate surface area is 151 Å². The number of carbonyl (C=O) groups excluding carboxylic acids is 1. The molecule has 1 saturated carbocycles. The molecule has 0 aromatic heterocycles. The van der Waals surface area contributed by atoms with Gasteiger partial charge in [-0.15, -0.1) is 24.0 Å². The van der Waals surface area contributed by atoms with Crippen molar-refractivity contribution in [3.8, 4) is 0 Å². The molecule has 1 aliphatic carbocycles. The standard InChI is InChI=1S/C15H30N4O2.HI/c1-6-16-13(17-7-2)18-10-11-19(12-8-9-12)14(20)21-15(3,4)5;/h12H,6-11H2,1-5H3,(H2,16,17,18);1H. The van der Waals surface area contributed by atoms with Gasteiger partial charge in [0.2, 0.25) is 0 Å². The fourth-order valence-corrected chi connectivity index (χ4v) is 1.91. The number of guanidine groups is 1. The Hall–Kier alpha value is -0.730. The minimum absolute atomic E-state index is 0. The molecule has 0 radical (unpaired) electrons. The van der Waals surface area contributed by atoms with Crippen LogP contribution in [0.25, 0.3) is 0 Å². The molecule has 1 amide bonds. The molecule has 130 valence electrons. The zero-order valence-corrected chi connectivity index (χ0v) is 16.8. The van der Waals surface area contributed by atoms with Crippen LogP contribution in [0.15, 0.2) is 4.99 Å². The Morgan fingerprint density at radius 1 is 1.23 bits per heavy atom. The highest BCUT2D eigenvalue weighted by Gasteiger charge is 2.34. The van der Waals surface area contributed by atoms with Gasteiger partial charge in [-0.2, -0.15) is 0 Å². The Kier molecular flexibility index (Phi) is 9.79. The number of amides is 1. The third kappa shape index (κ3) is 8.65. The molecule has 0 spiro atoms. The molecule has 0 saturated heterocycles. The van der Waals surface area contributed by atoms with Crippen molar-refractivity contribution >= 4 is 36.0 Å². The monoisotopic (exact) mass is 426 g/mol. The second kappa shape index (κ2) is 10.1. The summed E-state index contributed by atoms with van der Waals surface area (Å²) in [6.45, 7) is 12.6. The van der Waals surface area contributed by atoms with Gasteiger partial charge in [-0.25, -0.2) is 4.79 Å². The summed E-state index contributed by atoms with van der Waals surface area (Å²) in [7, 11) is 0. The van der Waals surface area contributed by atoms with E-state index in [0.717, 1.165) is 31.9 Å². The Morgan fingerprint density at radius 3 is 2.18 bits per heavy atom. The van der Waals surface area contributed by atoms with E-state index in [1.807, 2.05) is 39.5 Å². The average molecular weight is 426 g/mol. The van der Waals surface area contributed by atoms with Crippen LogP contribution in [0.3, 0.4) is 0 Å². The summed E-state index contributed by atoms with van der Waals surface area (Å²) in [6, 6.07) is 0.330. The molecule has 0 bridgehead atoms. The maximum atomic E-state index is 12.2. The molecule has 0 atom stereocenters. The van der Waals surface area contributed by atoms with Gasteiger partial charge in [0.05, 0.1) is 6.54 Å². The highest BCUT2D eigenvalue weighted by molar-refractivity contribution is 14.0. The molecule has 0 aliphatic heterocycles. The van der Waals surface area contributed by atoms with E-state index in [1.54, 1.807) is 0 Å². The van der Waals surface area contributed by atoms with Gasteiger partial charge in [0.15, 0.2) is 5.96 Å². The molecular weight excluding hydrogens is 395 g/mol. The number of hydrogen-bond donors (Lipinski definition) is 2. The molecule has 2 N–H and O–H groups in total. The van der Waals surface area contributed by atoms with Crippen molar-refractivity contribution in [1.29, 1.82) is 0 Å². The molecule has 1 rings (SSSR count). The highest BCUT2D eigenvalue weighted by atomic mass is 127. The van der Waals surface area contributed by atoms with E-state index < -0.39 is 5.60 Å². The van der Waals surface area contributed by atoms with E-state index in [0.29, 0.717) is 19.1 Å². The first kappa shape index (κ1) is 21.3. The van der Waals surface area contributed by atoms with Crippen LogP contribution in [0.1, 0.15) is 47.5 Å². The van der Waals surface area contributed by atoms with Gasteiger partial charge in [0, 0.05) is 25.7 Å². The van der Waals surface area contributed by atoms with Gasteiger partial charge in [-0.3, -0.25) is 4.99 Å². The van der Waals surface area contributed by atoms with Crippen LogP contribution in [-0.2, 0) is 4.74 Å². The number of halogens is 1. The number of ether oxygens (including phenoxy) is 1. The SMILES string of the molecule is CCNC(=NCCN(C(=O)OC(C)(C)C)C1CC1)NCC.I. The summed E-state index contributed by atoms with van der Waals surface area (Å²) >= 11 is 0. The second-order valence-corrected chi connectivity index (χ2v) is 6.20. The van der Waals surface area contributed by atoms with Crippen LogP contribution in [0.4, 0.5) is 4.79 Å². The van der Waals surface area contributed by atoms with E-state index in [2.05, 4.69) is 15.6 Å². The van der Waals surface area contributed by atoms with Crippen LogP contribution in [-0.4, -0.2) is 54.8 Å². The van der Waals surface area contributed by atoms with E-state index in [9.17, 15) is 4.79 Å². The molecule has 0 aromatic carbocycles. The zero-order chi connectivity index (χ0) is 15.9. The smallest absolute Gasteiger partial charge is 0.410 e. The Bertz CT molecular complexity index is 357. The van der Waals surface area contributed by atoms with Crippen molar-refractivity contribution in [1.82, 2.24) is 15.5 Å². The molecule has 7 heteroatoms. The van der Waals surface area contributed by atoms with Crippen molar-refractivity contribution in [2.45, 2.75) is 59.1 Å². The summed E-state index contributed by atoms with van der Waals surface area (Å²) in [5.74, 6) is 0.792. The van der Waals surface area contributed by atoms with Gasteiger partial charge in [0.25, 0.3) is 0 Å². The predicted octanol–water partition coefficient (Wildman–Crippen LogP) is 2.58. The first-order chi connectivity index (χ1) is 9.87. The minimum Gasteiger partial charge on any atom is -0.444 e. The Morgan fingerprint density at radius 2 is 1.77 bits per heavy atom. The summed E-state index contributed by atoms with van der Waals surface area (Å²) in [6.07, 6.45) is 1.90. The summed E-state index contributed by atoms with van der Waals surface area (Å²) < 4.78 is 5.46. The molecule has 1 fully saturated rings. The van der Waals surface area contributed by atoms with E-state index >= 15 is 0 Å². The third-order valence-corrected chi connectivity index (χ3v) is 2.91. The highest BCUT2D eigenvalue weighted by Crippen LogP contribution is 2.28. The van der Waals surface area contributed by atoms with Gasteiger partial charge < -0.3 is 20.3 Å². The molecule has 0 unspecified atom stereocenters. The van der Waals surface area contributed by atoms with Crippen LogP contribution >= 0.6 is 24.0 Å². The molecule has 1 aliphatic rings. The molecule has 22 heavy (non-hydrogen) atoms. The number of nitrogens with zero attached hydrogens (tertiary/aromatic N) is 2. The first-order valence-corrected chi connectivity index (χ1v) is 7.89. The lowest BCUT2D eigenvalue weighted by Crippen LogP contribution is -2.41. The number of nitrogens with one attached hydrogen (secondary N) is 2. The van der Waals surface area contributed by atoms with Crippen LogP contribution in [0.2, 0.25) is 0 Å². The molecule has 0 aromatic rings. The topological polar surface area (TPSA) is 66.0 Å². The van der Waals surface area contributed by atoms with Crippen molar-refractivity contribution in [2.24, 2.45) is 4.99 Å². The van der Waals surface area contributed by atoms with E-state index in [-0.39, 0.29) is 30.1 Å². The molecule has 0 heterocycles. The summed E-state index contributed by atoms with van der Waals surface area (Å²) in [5, 5.41) is 6.35. The van der Waals surface area contributed by atoms with Crippen molar-refractivity contribution < 1.29 is 9.53 Å². The third-order valence-electron chi connectivity index (χ3n) is 2.91. The van der Waals surface area contributed by atoms with Crippen molar-refractivity contribution in [3.63, 3.8) is 0 Å². The molecular formula is C15H31IN4O2. The largest absolute Gasteiger partial charge is 0.444 e. The number of hydrogen-bond acceptors (Lipinski definition) is 3. The van der Waals surface area contributed by atoms with Crippen molar-refractivity contribution in [2.75, 3.05) is 26.2 Å². The predicted molar refractivity (Wildman–Crippen MR) is 101 cm³/mol. The number of aliphatic imine (C=N–C) groups is 1. The van der Waals surface area contributed by atoms with Crippen LogP contribution < -0.4 is 10.6 Å². The van der Waals surface area contributed by atoms with Gasteiger partial charge in [-0.05, 0) is 47.5 Å². The number of carbonyl (C=O) groups is 1. The maximum absolute atomic E-state index is 12.2. The fraction of sp³-hybridized carbons (Fsp3) is 0.867. The lowest BCUT2D eigenvalue weighted by atomic mass is 10.2. The van der Waals surface area contributed by atoms with Gasteiger partial charge in [0.1, 0.15) is 5.60 Å². The van der Waals surface area contributed by atoms with Crippen LogP contribution in [0.5, 0.6) is 0 Å². The maximum Gasteiger partial charge on any atom is 0.410 e. The second-order valence-electron chi connectivity index (χ2n) is 6.20. The number of rotatable bonds is 6. The summed E-state index contributed by atoms with van der Waals surface area (Å²) in [4.78, 5) is 18.5. The minimum atomic E-state index is -0.452. The average Bonchev–Trinajstić information content (AvgIpc) is 3.17. The van der Waals surface area contributed by atoms with Gasteiger partial charge >= 0.3 is 6.09 Å². The van der Waals surface area contributed by atoms with Crippen LogP contribution in [0, 0.1) is 0 Å². The quantitative estimate of drug-likeness (QED) is 0.389. The Balaban J connectivity index is 0.00000441. The normalized spacial score (nSPS) is 13.7. The zero-order valence-electron chi connectivity index (χ0n) is 14.4. The van der Waals surface area contributed by atoms with E-state index in [4.69, 9.17) is 4.74 Å².